The van der Waals surface area contributed by atoms with Gasteiger partial charge in [-0.05, 0) is 32.3 Å². The van der Waals surface area contributed by atoms with Crippen molar-refractivity contribution >= 4 is 23.2 Å². The van der Waals surface area contributed by atoms with Crippen molar-refractivity contribution in [3.63, 3.8) is 0 Å². The molecule has 0 aliphatic rings. The number of halogens is 1. The van der Waals surface area contributed by atoms with Gasteiger partial charge in [0, 0.05) is 20.0 Å². The van der Waals surface area contributed by atoms with E-state index < -0.39 is 6.17 Å². The summed E-state index contributed by atoms with van der Waals surface area (Å²) in [5.41, 5.74) is 2.33. The molecule has 2 aromatic heterocycles. The first kappa shape index (κ1) is 26.0. The molecule has 0 aromatic carbocycles. The predicted octanol–water partition coefficient (Wildman–Crippen LogP) is 3.05. The zero-order valence-electron chi connectivity index (χ0n) is 19.3. The number of carbonyl (C=O) groups is 2. The average molecular weight is 476 g/mol. The van der Waals surface area contributed by atoms with Crippen LogP contribution < -0.4 is 10.6 Å². The SMILES string of the molecule is C\C=C/C=C\C(CNC(=O)c1cn(CC(F)CCc2nnc(C(=O)NC)s2)nn1)=C(/C)CC. The van der Waals surface area contributed by atoms with Gasteiger partial charge in [-0.2, -0.15) is 0 Å². The first-order chi connectivity index (χ1) is 15.9. The maximum absolute atomic E-state index is 14.4. The van der Waals surface area contributed by atoms with E-state index in [1.807, 2.05) is 38.2 Å². The fraction of sp³-hybridized carbons (Fsp3) is 0.455. The number of nitrogens with zero attached hydrogens (tertiary/aromatic N) is 5. The molecule has 0 saturated carbocycles. The summed E-state index contributed by atoms with van der Waals surface area (Å²) in [7, 11) is 1.51. The third kappa shape index (κ3) is 8.33. The van der Waals surface area contributed by atoms with E-state index in [0.717, 1.165) is 23.3 Å². The van der Waals surface area contributed by atoms with E-state index >= 15 is 0 Å². The largest absolute Gasteiger partial charge is 0.353 e. The van der Waals surface area contributed by atoms with Crippen molar-refractivity contribution in [1.82, 2.24) is 35.8 Å². The summed E-state index contributed by atoms with van der Waals surface area (Å²) in [5, 5.41) is 21.6. The number of rotatable bonds is 12. The molecule has 0 spiro atoms. The lowest BCUT2D eigenvalue weighted by Crippen LogP contribution is -2.26. The van der Waals surface area contributed by atoms with Gasteiger partial charge in [-0.25, -0.2) is 9.07 Å². The summed E-state index contributed by atoms with van der Waals surface area (Å²) in [6.07, 6.45) is 9.39. The molecule has 2 amide bonds. The third-order valence-electron chi connectivity index (χ3n) is 4.83. The van der Waals surface area contributed by atoms with Gasteiger partial charge in [-0.1, -0.05) is 53.4 Å². The Morgan fingerprint density at radius 1 is 1.24 bits per heavy atom. The lowest BCUT2D eigenvalue weighted by Gasteiger charge is -2.08. The van der Waals surface area contributed by atoms with Crippen LogP contribution in [0.25, 0.3) is 0 Å². The number of amides is 2. The van der Waals surface area contributed by atoms with Gasteiger partial charge < -0.3 is 10.6 Å². The second-order valence-corrected chi connectivity index (χ2v) is 8.33. The standard InChI is InChI=1S/C22H30FN7O2S/c1-5-7-8-9-16(15(3)6-2)12-25-20(31)18-14-30(29-26-18)13-17(23)10-11-19-27-28-22(33-19)21(32)24-4/h5,7-9,14,17H,6,10-13H2,1-4H3,(H,24,32)(H,25,31)/b7-5-,9-8-,16-15-. The molecule has 2 N–H and O–H groups in total. The normalized spacial score (nSPS) is 13.4. The molecule has 33 heavy (non-hydrogen) atoms. The molecule has 0 bridgehead atoms. The monoisotopic (exact) mass is 475 g/mol. The summed E-state index contributed by atoms with van der Waals surface area (Å²) in [6.45, 7) is 6.36. The molecule has 2 heterocycles. The Labute approximate surface area is 196 Å². The van der Waals surface area contributed by atoms with Crippen LogP contribution in [0, 0.1) is 0 Å². The Balaban J connectivity index is 1.87. The second kappa shape index (κ2) is 13.4. The second-order valence-electron chi connectivity index (χ2n) is 7.27. The molecule has 178 valence electrons. The van der Waals surface area contributed by atoms with Crippen molar-refractivity contribution < 1.29 is 14.0 Å². The van der Waals surface area contributed by atoms with Gasteiger partial charge in [-0.3, -0.25) is 9.59 Å². The quantitative estimate of drug-likeness (QED) is 0.456. The zero-order chi connectivity index (χ0) is 24.2. The van der Waals surface area contributed by atoms with Crippen molar-refractivity contribution in [2.45, 2.75) is 52.8 Å². The molecule has 0 aliphatic heterocycles. The Morgan fingerprint density at radius 3 is 2.73 bits per heavy atom. The van der Waals surface area contributed by atoms with Crippen LogP contribution in [-0.2, 0) is 13.0 Å². The molecule has 11 heteroatoms. The van der Waals surface area contributed by atoms with Crippen LogP contribution in [0.5, 0.6) is 0 Å². The smallest absolute Gasteiger partial charge is 0.282 e. The van der Waals surface area contributed by atoms with Crippen molar-refractivity contribution in [3.8, 4) is 0 Å². The van der Waals surface area contributed by atoms with Crippen LogP contribution in [0.2, 0.25) is 0 Å². The fourth-order valence-electron chi connectivity index (χ4n) is 2.75. The van der Waals surface area contributed by atoms with E-state index in [1.165, 1.54) is 23.5 Å². The van der Waals surface area contributed by atoms with Crippen molar-refractivity contribution in [2.24, 2.45) is 0 Å². The third-order valence-corrected chi connectivity index (χ3v) is 5.82. The number of aryl methyl sites for hydroxylation is 1. The highest BCUT2D eigenvalue weighted by molar-refractivity contribution is 7.13. The van der Waals surface area contributed by atoms with Crippen molar-refractivity contribution in [3.05, 3.63) is 57.4 Å². The maximum Gasteiger partial charge on any atom is 0.282 e. The van der Waals surface area contributed by atoms with Crippen LogP contribution in [0.3, 0.4) is 0 Å². The highest BCUT2D eigenvalue weighted by Crippen LogP contribution is 2.14. The fourth-order valence-corrected chi connectivity index (χ4v) is 3.55. The summed E-state index contributed by atoms with van der Waals surface area (Å²) < 4.78 is 15.7. The Morgan fingerprint density at radius 2 is 2.03 bits per heavy atom. The lowest BCUT2D eigenvalue weighted by atomic mass is 10.1. The van der Waals surface area contributed by atoms with Gasteiger partial charge in [0.15, 0.2) is 5.69 Å². The lowest BCUT2D eigenvalue weighted by molar-refractivity contribution is 0.0947. The minimum Gasteiger partial charge on any atom is -0.353 e. The van der Waals surface area contributed by atoms with E-state index in [2.05, 4.69) is 38.1 Å². The van der Waals surface area contributed by atoms with E-state index in [1.54, 1.807) is 0 Å². The van der Waals surface area contributed by atoms with E-state index in [0.29, 0.717) is 18.0 Å². The van der Waals surface area contributed by atoms with Crippen LogP contribution in [-0.4, -0.2) is 56.8 Å². The van der Waals surface area contributed by atoms with Crippen molar-refractivity contribution in [2.75, 3.05) is 13.6 Å². The number of hydrogen-bond acceptors (Lipinski definition) is 7. The minimum atomic E-state index is -1.21. The minimum absolute atomic E-state index is 0.0342. The molecule has 1 unspecified atom stereocenters. The van der Waals surface area contributed by atoms with E-state index in [-0.39, 0.29) is 35.5 Å². The molecule has 1 atom stereocenters. The van der Waals surface area contributed by atoms with Gasteiger partial charge in [0.1, 0.15) is 11.2 Å². The molecule has 9 nitrogen and oxygen atoms in total. The van der Waals surface area contributed by atoms with Crippen LogP contribution >= 0.6 is 11.3 Å². The highest BCUT2D eigenvalue weighted by Gasteiger charge is 2.16. The molecule has 0 fully saturated rings. The van der Waals surface area contributed by atoms with Crippen LogP contribution in [0.4, 0.5) is 4.39 Å². The van der Waals surface area contributed by atoms with Gasteiger partial charge in [0.2, 0.25) is 5.01 Å². The molecular formula is C22H30FN7O2S. The van der Waals surface area contributed by atoms with Crippen molar-refractivity contribution in [1.29, 1.82) is 0 Å². The summed E-state index contributed by atoms with van der Waals surface area (Å²) in [5.74, 6) is -0.682. The number of aromatic nitrogens is 5. The van der Waals surface area contributed by atoms with Gasteiger partial charge in [-0.15, -0.1) is 15.3 Å². The van der Waals surface area contributed by atoms with Gasteiger partial charge >= 0.3 is 0 Å². The van der Waals surface area contributed by atoms with E-state index in [4.69, 9.17) is 0 Å². The number of nitrogens with one attached hydrogen (secondary N) is 2. The zero-order valence-corrected chi connectivity index (χ0v) is 20.2. The molecule has 2 rings (SSSR count). The Bertz CT molecular complexity index is 1030. The van der Waals surface area contributed by atoms with Crippen LogP contribution in [0.15, 0.2) is 41.6 Å². The number of allylic oxidation sites excluding steroid dienone is 4. The highest BCUT2D eigenvalue weighted by atomic mass is 32.1. The topological polar surface area (TPSA) is 115 Å². The van der Waals surface area contributed by atoms with Gasteiger partial charge in [0.25, 0.3) is 11.8 Å². The first-order valence-corrected chi connectivity index (χ1v) is 11.5. The van der Waals surface area contributed by atoms with E-state index in [9.17, 15) is 14.0 Å². The molecule has 0 aliphatic carbocycles. The van der Waals surface area contributed by atoms with Crippen LogP contribution in [0.1, 0.15) is 58.9 Å². The molecular weight excluding hydrogens is 445 g/mol. The predicted molar refractivity (Wildman–Crippen MR) is 126 cm³/mol. The summed E-state index contributed by atoms with van der Waals surface area (Å²) >= 11 is 1.14. The summed E-state index contributed by atoms with van der Waals surface area (Å²) in [6, 6.07) is 0. The maximum atomic E-state index is 14.4. The molecule has 0 saturated heterocycles. The van der Waals surface area contributed by atoms with Gasteiger partial charge in [0.05, 0.1) is 12.7 Å². The number of carbonyl (C=O) groups excluding carboxylic acids is 2. The first-order valence-electron chi connectivity index (χ1n) is 10.7. The Kier molecular flexibility index (Phi) is 10.5. The number of hydrogen-bond donors (Lipinski definition) is 2. The molecule has 2 aromatic rings. The summed E-state index contributed by atoms with van der Waals surface area (Å²) in [4.78, 5) is 24.0. The number of alkyl halides is 1. The Hall–Kier alpha value is -3.21. The average Bonchev–Trinajstić information content (AvgIpc) is 3.48. The molecule has 0 radical (unpaired) electrons.